The molecule has 2 aromatic rings. The third-order valence-corrected chi connectivity index (χ3v) is 4.74. The van der Waals surface area contributed by atoms with Crippen LogP contribution in [-0.4, -0.2) is 16.9 Å². The fourth-order valence-corrected chi connectivity index (χ4v) is 3.17. The van der Waals surface area contributed by atoms with Crippen molar-refractivity contribution in [1.29, 1.82) is 0 Å². The number of pyridine rings is 1. The molecule has 0 saturated heterocycles. The van der Waals surface area contributed by atoms with Gasteiger partial charge in [-0.15, -0.1) is 0 Å². The molecular formula is C21H27N3O. The number of anilines is 2. The van der Waals surface area contributed by atoms with Gasteiger partial charge in [0.15, 0.2) is 0 Å². The minimum absolute atomic E-state index is 0.0821. The predicted octanol–water partition coefficient (Wildman–Crippen LogP) is 4.99. The van der Waals surface area contributed by atoms with Crippen molar-refractivity contribution in [3.63, 3.8) is 0 Å². The first-order valence-corrected chi connectivity index (χ1v) is 9.06. The number of hydrogen-bond acceptors (Lipinski definition) is 3. The van der Waals surface area contributed by atoms with Crippen LogP contribution in [0.4, 0.5) is 11.5 Å². The van der Waals surface area contributed by atoms with E-state index in [0.717, 1.165) is 5.69 Å². The summed E-state index contributed by atoms with van der Waals surface area (Å²) in [5, 5.41) is 6.36. The summed E-state index contributed by atoms with van der Waals surface area (Å²) in [6.45, 7) is 6.48. The highest BCUT2D eigenvalue weighted by atomic mass is 16.1. The quantitative estimate of drug-likeness (QED) is 0.827. The van der Waals surface area contributed by atoms with Crippen LogP contribution in [0.2, 0.25) is 0 Å². The molecule has 0 unspecified atom stereocenters. The van der Waals surface area contributed by atoms with E-state index in [2.05, 4.69) is 36.4 Å². The van der Waals surface area contributed by atoms with Gasteiger partial charge < -0.3 is 10.6 Å². The molecule has 4 heteroatoms. The largest absolute Gasteiger partial charge is 0.381 e. The summed E-state index contributed by atoms with van der Waals surface area (Å²) in [7, 11) is 0. The van der Waals surface area contributed by atoms with Crippen LogP contribution in [0.15, 0.2) is 42.6 Å². The van der Waals surface area contributed by atoms with Gasteiger partial charge in [-0.2, -0.15) is 0 Å². The first-order valence-electron chi connectivity index (χ1n) is 9.06. The molecule has 1 aromatic heterocycles. The second-order valence-electron chi connectivity index (χ2n) is 7.84. The second-order valence-corrected chi connectivity index (χ2v) is 7.84. The molecule has 1 heterocycles. The first kappa shape index (κ1) is 17.5. The molecule has 0 aliphatic heterocycles. The molecule has 4 nitrogen and oxygen atoms in total. The maximum absolute atomic E-state index is 12.4. The van der Waals surface area contributed by atoms with E-state index in [4.69, 9.17) is 0 Å². The minimum atomic E-state index is -0.135. The molecule has 3 rings (SSSR count). The molecule has 1 aliphatic rings. The summed E-state index contributed by atoms with van der Waals surface area (Å²) in [5.74, 6) is 0.436. The summed E-state index contributed by atoms with van der Waals surface area (Å²) in [6.07, 6.45) is 6.84. The monoisotopic (exact) mass is 337 g/mol. The summed E-state index contributed by atoms with van der Waals surface area (Å²) in [5.41, 5.74) is 2.95. The lowest BCUT2D eigenvalue weighted by Crippen LogP contribution is -2.16. The normalized spacial score (nSPS) is 15.2. The molecule has 1 fully saturated rings. The second kappa shape index (κ2) is 7.26. The number of benzene rings is 1. The van der Waals surface area contributed by atoms with Crippen LogP contribution in [0.25, 0.3) is 0 Å². The van der Waals surface area contributed by atoms with Crippen LogP contribution in [-0.2, 0) is 5.41 Å². The number of rotatable bonds is 4. The highest BCUT2D eigenvalue weighted by Gasteiger charge is 2.16. The Hall–Kier alpha value is -2.36. The van der Waals surface area contributed by atoms with E-state index < -0.39 is 0 Å². The Morgan fingerprint density at radius 2 is 1.72 bits per heavy atom. The minimum Gasteiger partial charge on any atom is -0.381 e. The molecule has 25 heavy (non-hydrogen) atoms. The van der Waals surface area contributed by atoms with Gasteiger partial charge in [-0.05, 0) is 48.1 Å². The van der Waals surface area contributed by atoms with Gasteiger partial charge in [0.25, 0.3) is 5.91 Å². The standard InChI is InChI=1S/C21H27N3O/c1-21(2,3)16-10-8-15(9-11-16)20(25)24-19-13-12-18(14-22-19)23-17-6-4-5-7-17/h8-14,17,23H,4-7H2,1-3H3,(H,22,24,25). The van der Waals surface area contributed by atoms with Crippen molar-refractivity contribution >= 4 is 17.4 Å². The Balaban J connectivity index is 1.60. The van der Waals surface area contributed by atoms with Crippen molar-refractivity contribution < 1.29 is 4.79 Å². The summed E-state index contributed by atoms with van der Waals surface area (Å²) < 4.78 is 0. The summed E-state index contributed by atoms with van der Waals surface area (Å²) >= 11 is 0. The zero-order chi connectivity index (χ0) is 17.9. The summed E-state index contributed by atoms with van der Waals surface area (Å²) in [4.78, 5) is 16.7. The van der Waals surface area contributed by atoms with Crippen molar-refractivity contribution in [2.24, 2.45) is 0 Å². The lowest BCUT2D eigenvalue weighted by atomic mass is 9.87. The zero-order valence-electron chi connectivity index (χ0n) is 15.3. The van der Waals surface area contributed by atoms with Crippen molar-refractivity contribution in [3.8, 4) is 0 Å². The van der Waals surface area contributed by atoms with E-state index >= 15 is 0 Å². The number of carbonyl (C=O) groups excluding carboxylic acids is 1. The van der Waals surface area contributed by atoms with Gasteiger partial charge in [-0.1, -0.05) is 45.7 Å². The van der Waals surface area contributed by atoms with E-state index in [1.807, 2.05) is 36.4 Å². The van der Waals surface area contributed by atoms with Crippen LogP contribution < -0.4 is 10.6 Å². The first-order chi connectivity index (χ1) is 11.9. The van der Waals surface area contributed by atoms with E-state index in [-0.39, 0.29) is 11.3 Å². The van der Waals surface area contributed by atoms with Gasteiger partial charge in [0.05, 0.1) is 11.9 Å². The summed E-state index contributed by atoms with van der Waals surface area (Å²) in [6, 6.07) is 12.1. The van der Waals surface area contributed by atoms with Crippen molar-refractivity contribution in [1.82, 2.24) is 4.98 Å². The van der Waals surface area contributed by atoms with Crippen LogP contribution in [0.1, 0.15) is 62.4 Å². The van der Waals surface area contributed by atoms with Gasteiger partial charge in [0, 0.05) is 11.6 Å². The van der Waals surface area contributed by atoms with Gasteiger partial charge >= 0.3 is 0 Å². The lowest BCUT2D eigenvalue weighted by Gasteiger charge is -2.19. The topological polar surface area (TPSA) is 54.0 Å². The maximum Gasteiger partial charge on any atom is 0.256 e. The number of carbonyl (C=O) groups is 1. The van der Waals surface area contributed by atoms with Crippen LogP contribution in [0, 0.1) is 0 Å². The molecule has 0 radical (unpaired) electrons. The van der Waals surface area contributed by atoms with E-state index in [9.17, 15) is 4.79 Å². The molecule has 0 atom stereocenters. The number of hydrogen-bond donors (Lipinski definition) is 2. The third-order valence-electron chi connectivity index (χ3n) is 4.74. The maximum atomic E-state index is 12.4. The van der Waals surface area contributed by atoms with E-state index in [0.29, 0.717) is 17.4 Å². The Morgan fingerprint density at radius 3 is 2.28 bits per heavy atom. The Bertz CT molecular complexity index is 708. The molecule has 1 aromatic carbocycles. The average molecular weight is 337 g/mol. The zero-order valence-corrected chi connectivity index (χ0v) is 15.3. The van der Waals surface area contributed by atoms with Crippen LogP contribution in [0.5, 0.6) is 0 Å². The van der Waals surface area contributed by atoms with E-state index in [1.165, 1.54) is 31.2 Å². The van der Waals surface area contributed by atoms with Gasteiger partial charge in [-0.3, -0.25) is 4.79 Å². The van der Waals surface area contributed by atoms with Crippen molar-refractivity contribution in [2.45, 2.75) is 57.9 Å². The molecule has 1 aliphatic carbocycles. The lowest BCUT2D eigenvalue weighted by molar-refractivity contribution is 0.102. The number of aromatic nitrogens is 1. The van der Waals surface area contributed by atoms with Crippen molar-refractivity contribution in [2.75, 3.05) is 10.6 Å². The molecular weight excluding hydrogens is 310 g/mol. The Kier molecular flexibility index (Phi) is 5.07. The Labute approximate surface area is 150 Å². The molecule has 2 N–H and O–H groups in total. The highest BCUT2D eigenvalue weighted by molar-refractivity contribution is 6.03. The fourth-order valence-electron chi connectivity index (χ4n) is 3.17. The average Bonchev–Trinajstić information content (AvgIpc) is 3.09. The number of amides is 1. The third kappa shape index (κ3) is 4.59. The van der Waals surface area contributed by atoms with Crippen molar-refractivity contribution in [3.05, 3.63) is 53.7 Å². The SMILES string of the molecule is CC(C)(C)c1ccc(C(=O)Nc2ccc(NC3CCCC3)cn2)cc1. The van der Waals surface area contributed by atoms with Crippen LogP contribution in [0.3, 0.4) is 0 Å². The molecule has 0 spiro atoms. The predicted molar refractivity (Wildman–Crippen MR) is 103 cm³/mol. The molecule has 1 saturated carbocycles. The van der Waals surface area contributed by atoms with E-state index in [1.54, 1.807) is 6.20 Å². The molecule has 1 amide bonds. The fraction of sp³-hybridized carbons (Fsp3) is 0.429. The van der Waals surface area contributed by atoms with Gasteiger partial charge in [-0.25, -0.2) is 4.98 Å². The van der Waals surface area contributed by atoms with Gasteiger partial charge in [0.1, 0.15) is 5.82 Å². The molecule has 0 bridgehead atoms. The number of nitrogens with zero attached hydrogens (tertiary/aromatic N) is 1. The molecule has 132 valence electrons. The van der Waals surface area contributed by atoms with Crippen LogP contribution >= 0.6 is 0 Å². The van der Waals surface area contributed by atoms with Gasteiger partial charge in [0.2, 0.25) is 0 Å². The Morgan fingerprint density at radius 1 is 1.04 bits per heavy atom. The highest BCUT2D eigenvalue weighted by Crippen LogP contribution is 2.23. The number of nitrogens with one attached hydrogen (secondary N) is 2. The smallest absolute Gasteiger partial charge is 0.256 e.